The molecule has 0 saturated heterocycles. The molecule has 0 heterocycles. The predicted molar refractivity (Wildman–Crippen MR) is 49.0 cm³/mol. The Morgan fingerprint density at radius 3 is 1.64 bits per heavy atom. The molecule has 0 radical (unpaired) electrons. The summed E-state index contributed by atoms with van der Waals surface area (Å²) >= 11 is 0. The topological polar surface area (TPSA) is 165 Å². The van der Waals surface area contributed by atoms with Crippen molar-refractivity contribution in [2.75, 3.05) is 0 Å². The lowest BCUT2D eigenvalue weighted by atomic mass is 10.3. The quantitative estimate of drug-likeness (QED) is 0.218. The molecule has 0 bridgehead atoms. The fourth-order valence-corrected chi connectivity index (χ4v) is 2.85. The van der Waals surface area contributed by atoms with Crippen molar-refractivity contribution >= 4 is 21.0 Å². The summed E-state index contributed by atoms with van der Waals surface area (Å²) in [6.07, 6.45) is -0.860. The van der Waals surface area contributed by atoms with Gasteiger partial charge in [0.2, 0.25) is 0 Å². The highest BCUT2D eigenvalue weighted by Crippen LogP contribution is 2.70. The van der Waals surface area contributed by atoms with E-state index in [0.717, 1.165) is 0 Å². The second-order valence-corrected chi connectivity index (χ2v) is 7.51. The zero-order valence-electron chi connectivity index (χ0n) is 7.28. The maximum absolute atomic E-state index is 10.9. The van der Waals surface area contributed by atoms with Crippen LogP contribution in [0.25, 0.3) is 0 Å². The van der Waals surface area contributed by atoms with E-state index in [2.05, 4.69) is 0 Å². The molecular formula is C4H12N2O6P2. The van der Waals surface area contributed by atoms with Crippen molar-refractivity contribution in [1.82, 2.24) is 0 Å². The summed E-state index contributed by atoms with van der Waals surface area (Å²) in [6.45, 7) is 0.704. The normalized spacial score (nSPS) is 14.1. The van der Waals surface area contributed by atoms with Crippen LogP contribution in [0.2, 0.25) is 0 Å². The molecule has 84 valence electrons. The minimum atomic E-state index is -5.05. The predicted octanol–water partition coefficient (Wildman–Crippen LogP) is -0.616. The third kappa shape index (κ3) is 2.63. The summed E-state index contributed by atoms with van der Waals surface area (Å²) in [7, 11) is -10.1. The molecule has 0 aromatic rings. The first kappa shape index (κ1) is 13.8. The van der Waals surface area contributed by atoms with Gasteiger partial charge < -0.3 is 25.3 Å². The van der Waals surface area contributed by atoms with Gasteiger partial charge in [0.25, 0.3) is 0 Å². The second-order valence-electron chi connectivity index (χ2n) is 3.01. The van der Waals surface area contributed by atoms with Crippen LogP contribution < -0.4 is 5.73 Å². The lowest BCUT2D eigenvalue weighted by Gasteiger charge is -2.30. The fraction of sp³-hybridized carbons (Fsp3) is 0.750. The average Bonchev–Trinajstić information content (AvgIpc) is 1.79. The summed E-state index contributed by atoms with van der Waals surface area (Å²) in [6, 6.07) is 0. The van der Waals surface area contributed by atoms with Crippen LogP contribution >= 0.6 is 15.2 Å². The minimum Gasteiger partial charge on any atom is -0.388 e. The van der Waals surface area contributed by atoms with Crippen molar-refractivity contribution in [3.63, 3.8) is 0 Å². The molecule has 14 heavy (non-hydrogen) atoms. The van der Waals surface area contributed by atoms with Gasteiger partial charge in [-0.15, -0.1) is 0 Å². The Balaban J connectivity index is 5.41. The fourth-order valence-electron chi connectivity index (χ4n) is 0.736. The van der Waals surface area contributed by atoms with Gasteiger partial charge in [0.05, 0.1) is 5.84 Å². The van der Waals surface area contributed by atoms with E-state index in [0.29, 0.717) is 6.92 Å². The van der Waals surface area contributed by atoms with E-state index in [9.17, 15) is 9.13 Å². The molecule has 0 rings (SSSR count). The number of hydrogen-bond donors (Lipinski definition) is 6. The number of rotatable bonds is 4. The lowest BCUT2D eigenvalue weighted by Crippen LogP contribution is -2.31. The number of nitrogens with two attached hydrogens (primary N) is 1. The SMILES string of the molecule is CC(CC(=N)N)(P(=O)(O)O)P(=O)(O)O. The molecule has 0 aliphatic carbocycles. The van der Waals surface area contributed by atoms with Gasteiger partial charge in [-0.1, -0.05) is 0 Å². The van der Waals surface area contributed by atoms with Gasteiger partial charge in [0.15, 0.2) is 4.90 Å². The first-order valence-corrected chi connectivity index (χ1v) is 6.58. The van der Waals surface area contributed by atoms with E-state index in [1.54, 1.807) is 0 Å². The number of amidine groups is 1. The average molecular weight is 246 g/mol. The van der Waals surface area contributed by atoms with Gasteiger partial charge in [0, 0.05) is 6.42 Å². The second kappa shape index (κ2) is 3.73. The zero-order valence-corrected chi connectivity index (χ0v) is 9.07. The van der Waals surface area contributed by atoms with E-state index in [1.807, 2.05) is 0 Å². The Morgan fingerprint density at radius 2 is 1.57 bits per heavy atom. The van der Waals surface area contributed by atoms with Gasteiger partial charge in [-0.05, 0) is 6.92 Å². The van der Waals surface area contributed by atoms with E-state index >= 15 is 0 Å². The molecule has 7 N–H and O–H groups in total. The molecule has 0 aliphatic rings. The summed E-state index contributed by atoms with van der Waals surface area (Å²) < 4.78 is 21.8. The summed E-state index contributed by atoms with van der Waals surface area (Å²) in [5.41, 5.74) is 4.87. The third-order valence-corrected chi connectivity index (χ3v) is 6.17. The van der Waals surface area contributed by atoms with Crippen molar-refractivity contribution in [2.24, 2.45) is 5.73 Å². The zero-order chi connectivity index (χ0) is 11.8. The van der Waals surface area contributed by atoms with Crippen LogP contribution in [0.5, 0.6) is 0 Å². The van der Waals surface area contributed by atoms with Gasteiger partial charge in [0.1, 0.15) is 0 Å². The Labute approximate surface area is 80.0 Å². The molecule has 0 saturated carbocycles. The van der Waals surface area contributed by atoms with E-state index < -0.39 is 32.3 Å². The standard InChI is InChI=1S/C4H12N2O6P2/c1-4(2-3(5)6,13(7,8)9)14(10,11)12/h2H2,1H3,(H3,5,6)(H2,7,8,9)(H2,10,11,12). The molecule has 10 heteroatoms. The van der Waals surface area contributed by atoms with Crippen LogP contribution in [0.4, 0.5) is 0 Å². The van der Waals surface area contributed by atoms with Gasteiger partial charge in [-0.3, -0.25) is 14.5 Å². The van der Waals surface area contributed by atoms with Gasteiger partial charge in [-0.25, -0.2) is 0 Å². The van der Waals surface area contributed by atoms with Crippen molar-refractivity contribution in [2.45, 2.75) is 18.2 Å². The maximum atomic E-state index is 10.9. The summed E-state index contributed by atoms with van der Waals surface area (Å²) in [4.78, 5) is 32.5. The molecule has 0 fully saturated rings. The van der Waals surface area contributed by atoms with Gasteiger partial charge in [-0.2, -0.15) is 0 Å². The Morgan fingerprint density at radius 1 is 1.29 bits per heavy atom. The van der Waals surface area contributed by atoms with Crippen molar-refractivity contribution in [1.29, 1.82) is 5.41 Å². The van der Waals surface area contributed by atoms with Crippen LogP contribution in [0, 0.1) is 5.41 Å². The highest BCUT2D eigenvalue weighted by Gasteiger charge is 2.56. The van der Waals surface area contributed by atoms with E-state index in [1.165, 1.54) is 0 Å². The van der Waals surface area contributed by atoms with Crippen molar-refractivity contribution < 1.29 is 28.7 Å². The number of nitrogens with one attached hydrogen (secondary N) is 1. The summed E-state index contributed by atoms with van der Waals surface area (Å²) in [5.74, 6) is -0.695. The molecular weight excluding hydrogens is 234 g/mol. The Kier molecular flexibility index (Phi) is 3.67. The monoisotopic (exact) mass is 246 g/mol. The Bertz CT molecular complexity index is 307. The molecule has 8 nitrogen and oxygen atoms in total. The van der Waals surface area contributed by atoms with Crippen LogP contribution in [-0.2, 0) is 9.13 Å². The lowest BCUT2D eigenvalue weighted by molar-refractivity contribution is 0.314. The molecule has 0 aliphatic heterocycles. The van der Waals surface area contributed by atoms with Crippen molar-refractivity contribution in [3.8, 4) is 0 Å². The maximum Gasteiger partial charge on any atom is 0.343 e. The first-order valence-electron chi connectivity index (χ1n) is 3.36. The molecule has 0 unspecified atom stereocenters. The van der Waals surface area contributed by atoms with E-state index in [4.69, 9.17) is 30.7 Å². The molecule has 0 aromatic carbocycles. The van der Waals surface area contributed by atoms with Crippen LogP contribution in [-0.4, -0.2) is 30.3 Å². The first-order chi connectivity index (χ1) is 5.92. The minimum absolute atomic E-state index is 0.695. The van der Waals surface area contributed by atoms with E-state index in [-0.39, 0.29) is 0 Å². The number of hydrogen-bond acceptors (Lipinski definition) is 3. The van der Waals surface area contributed by atoms with Crippen molar-refractivity contribution in [3.05, 3.63) is 0 Å². The van der Waals surface area contributed by atoms with Crippen LogP contribution in [0.1, 0.15) is 13.3 Å². The third-order valence-electron chi connectivity index (χ3n) is 1.78. The molecule has 0 amide bonds. The highest BCUT2D eigenvalue weighted by atomic mass is 31.2. The van der Waals surface area contributed by atoms with Crippen LogP contribution in [0.15, 0.2) is 0 Å². The van der Waals surface area contributed by atoms with Crippen LogP contribution in [0.3, 0.4) is 0 Å². The summed E-state index contributed by atoms with van der Waals surface area (Å²) in [5, 5.41) is 6.80. The molecule has 0 spiro atoms. The largest absolute Gasteiger partial charge is 0.388 e. The smallest absolute Gasteiger partial charge is 0.343 e. The molecule has 0 aromatic heterocycles. The highest BCUT2D eigenvalue weighted by molar-refractivity contribution is 7.72. The Hall–Kier alpha value is -0.230. The molecule has 0 atom stereocenters. The van der Waals surface area contributed by atoms with Gasteiger partial charge >= 0.3 is 15.2 Å².